The van der Waals surface area contributed by atoms with Crippen molar-refractivity contribution in [3.05, 3.63) is 48.0 Å². The predicted molar refractivity (Wildman–Crippen MR) is 93.0 cm³/mol. The summed E-state index contributed by atoms with van der Waals surface area (Å²) in [5, 5.41) is 11.0. The Morgan fingerprint density at radius 1 is 1.12 bits per heavy atom. The zero-order valence-electron chi connectivity index (χ0n) is 13.6. The minimum absolute atomic E-state index is 0.247. The molecule has 1 aromatic carbocycles. The molecular weight excluding hydrogens is 326 g/mol. The standard InChI is InChI=1S/C17H19N3O3S/c1-3-13(17(22)23-4-2)24-15-11-10-14(19-20-15)18-16(21)12-8-6-5-7-9-12/h5-11,13H,3-4H2,1-2H3,(H,18,19,21)/t13-/m1/s1. The molecule has 0 aliphatic rings. The Hall–Kier alpha value is -2.41. The van der Waals surface area contributed by atoms with E-state index in [1.54, 1.807) is 43.3 Å². The number of hydrogen-bond donors (Lipinski definition) is 1. The monoisotopic (exact) mass is 345 g/mol. The fourth-order valence-electron chi connectivity index (χ4n) is 1.91. The Morgan fingerprint density at radius 2 is 1.88 bits per heavy atom. The van der Waals surface area contributed by atoms with E-state index in [2.05, 4.69) is 15.5 Å². The number of amides is 1. The molecule has 24 heavy (non-hydrogen) atoms. The van der Waals surface area contributed by atoms with E-state index >= 15 is 0 Å². The van der Waals surface area contributed by atoms with Crippen LogP contribution in [0.4, 0.5) is 5.82 Å². The first-order valence-electron chi connectivity index (χ1n) is 7.67. The number of nitrogens with zero attached hydrogens (tertiary/aromatic N) is 2. The number of carbonyl (C=O) groups is 2. The van der Waals surface area contributed by atoms with Gasteiger partial charge in [0.15, 0.2) is 5.82 Å². The summed E-state index contributed by atoms with van der Waals surface area (Å²) >= 11 is 1.30. The number of carbonyl (C=O) groups excluding carboxylic acids is 2. The van der Waals surface area contributed by atoms with E-state index in [1.807, 2.05) is 13.0 Å². The zero-order chi connectivity index (χ0) is 17.4. The molecule has 0 radical (unpaired) electrons. The molecule has 1 aromatic heterocycles. The molecule has 1 atom stereocenters. The van der Waals surface area contributed by atoms with Gasteiger partial charge in [-0.1, -0.05) is 36.9 Å². The first-order chi connectivity index (χ1) is 11.6. The van der Waals surface area contributed by atoms with Gasteiger partial charge in [-0.25, -0.2) is 0 Å². The van der Waals surface area contributed by atoms with Gasteiger partial charge in [-0.2, -0.15) is 0 Å². The van der Waals surface area contributed by atoms with Gasteiger partial charge in [0.25, 0.3) is 5.91 Å². The summed E-state index contributed by atoms with van der Waals surface area (Å²) in [5.74, 6) is -0.145. The van der Waals surface area contributed by atoms with Gasteiger partial charge in [-0.05, 0) is 37.6 Å². The van der Waals surface area contributed by atoms with Crippen LogP contribution >= 0.6 is 11.8 Å². The third-order valence-corrected chi connectivity index (χ3v) is 4.37. The van der Waals surface area contributed by atoms with E-state index in [4.69, 9.17) is 4.74 Å². The normalized spacial score (nSPS) is 11.6. The fourth-order valence-corrected chi connectivity index (χ4v) is 2.76. The number of aromatic nitrogens is 2. The maximum absolute atomic E-state index is 12.0. The van der Waals surface area contributed by atoms with E-state index in [9.17, 15) is 9.59 Å². The smallest absolute Gasteiger partial charge is 0.319 e. The van der Waals surface area contributed by atoms with E-state index in [0.29, 0.717) is 29.4 Å². The van der Waals surface area contributed by atoms with Crippen LogP contribution in [0.5, 0.6) is 0 Å². The van der Waals surface area contributed by atoms with Crippen molar-refractivity contribution in [3.63, 3.8) is 0 Å². The Bertz CT molecular complexity index is 677. The lowest BCUT2D eigenvalue weighted by atomic mass is 10.2. The second kappa shape index (κ2) is 9.02. The van der Waals surface area contributed by atoms with E-state index < -0.39 is 0 Å². The molecule has 0 aliphatic carbocycles. The molecule has 6 nitrogen and oxygen atoms in total. The summed E-state index contributed by atoms with van der Waals surface area (Å²) in [6, 6.07) is 12.3. The van der Waals surface area contributed by atoms with Gasteiger partial charge < -0.3 is 10.1 Å². The number of rotatable bonds is 7. The second-order valence-corrected chi connectivity index (χ2v) is 6.07. The first kappa shape index (κ1) is 17.9. The summed E-state index contributed by atoms with van der Waals surface area (Å²) in [6.45, 7) is 4.04. The van der Waals surface area contributed by atoms with Crippen molar-refractivity contribution in [2.24, 2.45) is 0 Å². The number of esters is 1. The quantitative estimate of drug-likeness (QED) is 0.613. The van der Waals surface area contributed by atoms with Crippen LogP contribution in [0.1, 0.15) is 30.6 Å². The maximum Gasteiger partial charge on any atom is 0.319 e. The number of ether oxygens (including phenoxy) is 1. The van der Waals surface area contributed by atoms with Crippen LogP contribution in [0.15, 0.2) is 47.5 Å². The van der Waals surface area contributed by atoms with Gasteiger partial charge in [0.2, 0.25) is 0 Å². The maximum atomic E-state index is 12.0. The lowest BCUT2D eigenvalue weighted by molar-refractivity contribution is -0.142. The van der Waals surface area contributed by atoms with Crippen LogP contribution in [0.25, 0.3) is 0 Å². The molecule has 126 valence electrons. The molecule has 0 saturated heterocycles. The minimum Gasteiger partial charge on any atom is -0.465 e. The van der Waals surface area contributed by atoms with Gasteiger partial charge in [-0.15, -0.1) is 10.2 Å². The molecule has 0 aliphatic heterocycles. The molecule has 1 amide bonds. The minimum atomic E-state index is -0.316. The average molecular weight is 345 g/mol. The molecule has 0 fully saturated rings. The molecule has 0 bridgehead atoms. The second-order valence-electron chi connectivity index (χ2n) is 4.84. The van der Waals surface area contributed by atoms with Crippen molar-refractivity contribution in [3.8, 4) is 0 Å². The Morgan fingerprint density at radius 3 is 2.46 bits per heavy atom. The number of anilines is 1. The molecule has 7 heteroatoms. The number of hydrogen-bond acceptors (Lipinski definition) is 6. The van der Waals surface area contributed by atoms with Crippen LogP contribution in [0.3, 0.4) is 0 Å². The van der Waals surface area contributed by atoms with Crippen molar-refractivity contribution in [1.29, 1.82) is 0 Å². The highest BCUT2D eigenvalue weighted by Crippen LogP contribution is 2.24. The molecule has 2 aromatic rings. The molecular formula is C17H19N3O3S. The predicted octanol–water partition coefficient (Wildman–Crippen LogP) is 3.16. The van der Waals surface area contributed by atoms with Gasteiger partial charge in [0.1, 0.15) is 10.3 Å². The highest BCUT2D eigenvalue weighted by molar-refractivity contribution is 8.00. The summed E-state index contributed by atoms with van der Waals surface area (Å²) in [7, 11) is 0. The van der Waals surface area contributed by atoms with E-state index in [-0.39, 0.29) is 17.1 Å². The lowest BCUT2D eigenvalue weighted by Gasteiger charge is -2.12. The third-order valence-electron chi connectivity index (χ3n) is 3.10. The largest absolute Gasteiger partial charge is 0.465 e. The number of nitrogens with one attached hydrogen (secondary N) is 1. The van der Waals surface area contributed by atoms with Gasteiger partial charge >= 0.3 is 5.97 Å². The van der Waals surface area contributed by atoms with Gasteiger partial charge in [0.05, 0.1) is 6.61 Å². The Balaban J connectivity index is 1.97. The Kier molecular flexibility index (Phi) is 6.74. The van der Waals surface area contributed by atoms with Crippen molar-refractivity contribution < 1.29 is 14.3 Å². The van der Waals surface area contributed by atoms with Crippen molar-refractivity contribution in [2.75, 3.05) is 11.9 Å². The van der Waals surface area contributed by atoms with Crippen molar-refractivity contribution >= 4 is 29.5 Å². The summed E-state index contributed by atoms with van der Waals surface area (Å²) in [4.78, 5) is 23.8. The van der Waals surface area contributed by atoms with Crippen LogP contribution < -0.4 is 5.32 Å². The van der Waals surface area contributed by atoms with Gasteiger partial charge in [-0.3, -0.25) is 9.59 Å². The Labute approximate surface area is 145 Å². The zero-order valence-corrected chi connectivity index (χ0v) is 14.4. The lowest BCUT2D eigenvalue weighted by Crippen LogP contribution is -2.19. The highest BCUT2D eigenvalue weighted by Gasteiger charge is 2.20. The highest BCUT2D eigenvalue weighted by atomic mass is 32.2. The van der Waals surface area contributed by atoms with Crippen LogP contribution in [0.2, 0.25) is 0 Å². The van der Waals surface area contributed by atoms with Crippen LogP contribution in [0, 0.1) is 0 Å². The average Bonchev–Trinajstić information content (AvgIpc) is 2.62. The third kappa shape index (κ3) is 5.06. The van der Waals surface area contributed by atoms with Gasteiger partial charge in [0, 0.05) is 5.56 Å². The van der Waals surface area contributed by atoms with E-state index in [0.717, 1.165) is 0 Å². The van der Waals surface area contributed by atoms with Crippen LogP contribution in [-0.4, -0.2) is 33.9 Å². The molecule has 1 N–H and O–H groups in total. The fraction of sp³-hybridized carbons (Fsp3) is 0.294. The first-order valence-corrected chi connectivity index (χ1v) is 8.55. The van der Waals surface area contributed by atoms with Crippen molar-refractivity contribution in [1.82, 2.24) is 10.2 Å². The van der Waals surface area contributed by atoms with E-state index in [1.165, 1.54) is 11.8 Å². The SMILES string of the molecule is CCOC(=O)[C@@H](CC)Sc1ccc(NC(=O)c2ccccc2)nn1. The molecule has 0 saturated carbocycles. The molecule has 0 spiro atoms. The van der Waals surface area contributed by atoms with Crippen LogP contribution in [-0.2, 0) is 9.53 Å². The molecule has 0 unspecified atom stereocenters. The summed E-state index contributed by atoms with van der Waals surface area (Å²) < 4.78 is 5.03. The molecule has 2 rings (SSSR count). The summed E-state index contributed by atoms with van der Waals surface area (Å²) in [6.07, 6.45) is 0.637. The number of thioether (sulfide) groups is 1. The van der Waals surface area contributed by atoms with Crippen molar-refractivity contribution in [2.45, 2.75) is 30.5 Å². The topological polar surface area (TPSA) is 81.2 Å². The summed E-state index contributed by atoms with van der Waals surface area (Å²) in [5.41, 5.74) is 0.547. The number of benzene rings is 1. The molecule has 1 heterocycles.